The normalized spacial score (nSPS) is 11.1. The van der Waals surface area contributed by atoms with Crippen LogP contribution in [0.3, 0.4) is 0 Å². The molecule has 0 amide bonds. The third-order valence-corrected chi connectivity index (χ3v) is 3.38. The quantitative estimate of drug-likeness (QED) is 0.691. The summed E-state index contributed by atoms with van der Waals surface area (Å²) in [6.07, 6.45) is 1.82. The number of hydrogen-bond acceptors (Lipinski definition) is 5. The fourth-order valence-corrected chi connectivity index (χ4v) is 2.26. The molecule has 1 aromatic carbocycles. The number of nitrogens with two attached hydrogens (primary N) is 1. The molecule has 3 rings (SSSR count). The fourth-order valence-electron chi connectivity index (χ4n) is 2.26. The minimum absolute atomic E-state index is 0.100. The van der Waals surface area contributed by atoms with E-state index in [1.807, 2.05) is 35.9 Å². The Kier molecular flexibility index (Phi) is 3.49. The van der Waals surface area contributed by atoms with E-state index >= 15 is 0 Å². The van der Waals surface area contributed by atoms with Gasteiger partial charge >= 0.3 is 0 Å². The van der Waals surface area contributed by atoms with Gasteiger partial charge in [0.1, 0.15) is 11.5 Å². The van der Waals surface area contributed by atoms with Crippen LogP contribution in [-0.2, 0) is 20.0 Å². The van der Waals surface area contributed by atoms with E-state index < -0.39 is 0 Å². The molecule has 0 bridgehead atoms. The molecule has 0 spiro atoms. The molecule has 2 N–H and O–H groups in total. The largest absolute Gasteiger partial charge is 0.331 e. The zero-order valence-corrected chi connectivity index (χ0v) is 11.7. The SMILES string of the molecule is Cn1c(CC(=O)c2cn(CCN)nn2)nc2ccccc21. The maximum Gasteiger partial charge on any atom is 0.192 e. The molecule has 21 heavy (non-hydrogen) atoms. The maximum absolute atomic E-state index is 12.3. The van der Waals surface area contributed by atoms with Gasteiger partial charge in [-0.2, -0.15) is 0 Å². The summed E-state index contributed by atoms with van der Waals surface area (Å²) in [7, 11) is 1.91. The third kappa shape index (κ3) is 2.55. The topological polar surface area (TPSA) is 91.6 Å². The van der Waals surface area contributed by atoms with Crippen LogP contribution in [0.4, 0.5) is 0 Å². The number of aryl methyl sites for hydroxylation is 1. The van der Waals surface area contributed by atoms with Gasteiger partial charge < -0.3 is 10.3 Å². The van der Waals surface area contributed by atoms with Crippen molar-refractivity contribution in [3.63, 3.8) is 0 Å². The van der Waals surface area contributed by atoms with Crippen LogP contribution in [0.5, 0.6) is 0 Å². The van der Waals surface area contributed by atoms with Crippen LogP contribution in [0.25, 0.3) is 11.0 Å². The average Bonchev–Trinajstić information content (AvgIpc) is 3.06. The van der Waals surface area contributed by atoms with Crippen molar-refractivity contribution >= 4 is 16.8 Å². The molecule has 0 aliphatic rings. The molecule has 0 saturated heterocycles. The number of hydrogen-bond donors (Lipinski definition) is 1. The van der Waals surface area contributed by atoms with Crippen LogP contribution in [0.1, 0.15) is 16.3 Å². The standard InChI is InChI=1S/C14H16N6O/c1-19-12-5-3-2-4-10(12)16-14(19)8-13(21)11-9-20(7-6-15)18-17-11/h2-5,9H,6-8,15H2,1H3. The summed E-state index contributed by atoms with van der Waals surface area (Å²) in [4.78, 5) is 16.7. The van der Waals surface area contributed by atoms with Crippen molar-refractivity contribution in [1.29, 1.82) is 0 Å². The van der Waals surface area contributed by atoms with E-state index in [2.05, 4.69) is 15.3 Å². The smallest absolute Gasteiger partial charge is 0.192 e. The molecule has 108 valence electrons. The van der Waals surface area contributed by atoms with Gasteiger partial charge in [0, 0.05) is 13.6 Å². The Labute approximate surface area is 121 Å². The molecular formula is C14H16N6O. The van der Waals surface area contributed by atoms with Crippen LogP contribution in [0, 0.1) is 0 Å². The highest BCUT2D eigenvalue weighted by Gasteiger charge is 2.16. The zero-order chi connectivity index (χ0) is 14.8. The first-order chi connectivity index (χ1) is 10.2. The lowest BCUT2D eigenvalue weighted by atomic mass is 10.2. The predicted molar refractivity (Wildman–Crippen MR) is 77.8 cm³/mol. The van der Waals surface area contributed by atoms with E-state index in [4.69, 9.17) is 5.73 Å². The summed E-state index contributed by atoms with van der Waals surface area (Å²) in [5.74, 6) is 0.617. The summed E-state index contributed by atoms with van der Waals surface area (Å²) < 4.78 is 3.50. The van der Waals surface area contributed by atoms with E-state index in [0.29, 0.717) is 18.8 Å². The predicted octanol–water partition coefficient (Wildman–Crippen LogP) is 0.549. The van der Waals surface area contributed by atoms with Crippen molar-refractivity contribution in [1.82, 2.24) is 24.5 Å². The lowest BCUT2D eigenvalue weighted by Gasteiger charge is -2.00. The monoisotopic (exact) mass is 284 g/mol. The summed E-state index contributed by atoms with van der Waals surface area (Å²) in [6, 6.07) is 7.79. The Bertz CT molecular complexity index is 788. The van der Waals surface area contributed by atoms with E-state index in [9.17, 15) is 4.79 Å². The number of benzene rings is 1. The maximum atomic E-state index is 12.3. The van der Waals surface area contributed by atoms with Gasteiger partial charge in [0.25, 0.3) is 0 Å². The number of fused-ring (bicyclic) bond motifs is 1. The van der Waals surface area contributed by atoms with Gasteiger partial charge in [0.15, 0.2) is 5.78 Å². The Morgan fingerprint density at radius 3 is 2.90 bits per heavy atom. The number of carbonyl (C=O) groups is 1. The molecule has 0 unspecified atom stereocenters. The van der Waals surface area contributed by atoms with Gasteiger partial charge in [0.05, 0.1) is 30.2 Å². The number of para-hydroxylation sites is 2. The van der Waals surface area contributed by atoms with E-state index in [1.54, 1.807) is 10.9 Å². The minimum Gasteiger partial charge on any atom is -0.331 e. The second-order valence-corrected chi connectivity index (χ2v) is 4.83. The minimum atomic E-state index is -0.100. The zero-order valence-electron chi connectivity index (χ0n) is 11.7. The number of aromatic nitrogens is 5. The van der Waals surface area contributed by atoms with Gasteiger partial charge in [-0.25, -0.2) is 4.98 Å². The summed E-state index contributed by atoms with van der Waals surface area (Å²) in [5.41, 5.74) is 7.68. The van der Waals surface area contributed by atoms with Crippen molar-refractivity contribution in [2.75, 3.05) is 6.54 Å². The molecule has 0 saturated carbocycles. The number of imidazole rings is 1. The first-order valence-corrected chi connectivity index (χ1v) is 6.73. The molecule has 0 aliphatic carbocycles. The summed E-state index contributed by atoms with van der Waals surface area (Å²) >= 11 is 0. The summed E-state index contributed by atoms with van der Waals surface area (Å²) in [5, 5.41) is 7.76. The van der Waals surface area contributed by atoms with Gasteiger partial charge in [-0.05, 0) is 12.1 Å². The highest BCUT2D eigenvalue weighted by Crippen LogP contribution is 2.15. The second kappa shape index (κ2) is 5.45. The Balaban J connectivity index is 1.83. The Morgan fingerprint density at radius 1 is 1.33 bits per heavy atom. The average molecular weight is 284 g/mol. The van der Waals surface area contributed by atoms with Crippen molar-refractivity contribution in [3.05, 3.63) is 42.0 Å². The van der Waals surface area contributed by atoms with Gasteiger partial charge in [0.2, 0.25) is 0 Å². The van der Waals surface area contributed by atoms with Crippen LogP contribution in [0.15, 0.2) is 30.5 Å². The lowest BCUT2D eigenvalue weighted by Crippen LogP contribution is -2.10. The molecule has 2 aromatic heterocycles. The van der Waals surface area contributed by atoms with Gasteiger partial charge in [-0.1, -0.05) is 17.3 Å². The molecular weight excluding hydrogens is 268 g/mol. The van der Waals surface area contributed by atoms with Crippen molar-refractivity contribution < 1.29 is 4.79 Å². The van der Waals surface area contributed by atoms with Crippen molar-refractivity contribution in [2.45, 2.75) is 13.0 Å². The molecule has 7 heteroatoms. The highest BCUT2D eigenvalue weighted by atomic mass is 16.1. The highest BCUT2D eigenvalue weighted by molar-refractivity contribution is 5.95. The number of rotatable bonds is 5. The number of nitrogens with zero attached hydrogens (tertiary/aromatic N) is 5. The molecule has 7 nitrogen and oxygen atoms in total. The van der Waals surface area contributed by atoms with E-state index in [0.717, 1.165) is 16.9 Å². The number of ketones is 1. The molecule has 0 atom stereocenters. The molecule has 0 fully saturated rings. The van der Waals surface area contributed by atoms with E-state index in [1.165, 1.54) is 0 Å². The first kappa shape index (κ1) is 13.4. The molecule has 2 heterocycles. The Hall–Kier alpha value is -2.54. The van der Waals surface area contributed by atoms with Crippen LogP contribution in [0.2, 0.25) is 0 Å². The molecule has 3 aromatic rings. The van der Waals surface area contributed by atoms with Gasteiger partial charge in [-0.15, -0.1) is 5.10 Å². The van der Waals surface area contributed by atoms with Crippen LogP contribution in [-0.4, -0.2) is 36.9 Å². The second-order valence-electron chi connectivity index (χ2n) is 4.83. The van der Waals surface area contributed by atoms with Crippen LogP contribution >= 0.6 is 0 Å². The first-order valence-electron chi connectivity index (χ1n) is 6.73. The van der Waals surface area contributed by atoms with Crippen LogP contribution < -0.4 is 5.73 Å². The van der Waals surface area contributed by atoms with E-state index in [-0.39, 0.29) is 12.2 Å². The van der Waals surface area contributed by atoms with Gasteiger partial charge in [-0.3, -0.25) is 9.48 Å². The third-order valence-electron chi connectivity index (χ3n) is 3.38. The van der Waals surface area contributed by atoms with Crippen molar-refractivity contribution in [3.8, 4) is 0 Å². The number of carbonyl (C=O) groups excluding carboxylic acids is 1. The van der Waals surface area contributed by atoms with Crippen molar-refractivity contribution in [2.24, 2.45) is 12.8 Å². The molecule has 0 radical (unpaired) electrons. The Morgan fingerprint density at radius 2 is 2.14 bits per heavy atom. The number of Topliss-reactive ketones (excluding diaryl/α,β-unsaturated/α-hetero) is 1. The summed E-state index contributed by atoms with van der Waals surface area (Å²) in [6.45, 7) is 1.01. The lowest BCUT2D eigenvalue weighted by molar-refractivity contribution is 0.0985. The molecule has 0 aliphatic heterocycles. The fraction of sp³-hybridized carbons (Fsp3) is 0.286.